The monoisotopic (exact) mass is 280 g/mol. The number of carbonyl (C=O) groups excluding carboxylic acids is 1. The number of Topliss-reactive ketones (excluding diaryl/α,β-unsaturated/α-hetero) is 1. The number of hydrogen-bond acceptors (Lipinski definition) is 1. The molecule has 0 bridgehead atoms. The third-order valence-electron chi connectivity index (χ3n) is 4.12. The van der Waals surface area contributed by atoms with Crippen molar-refractivity contribution in [3.8, 4) is 0 Å². The second-order valence-corrected chi connectivity index (χ2v) is 6.28. The van der Waals surface area contributed by atoms with E-state index in [1.54, 1.807) is 0 Å². The summed E-state index contributed by atoms with van der Waals surface area (Å²) in [6.45, 7) is 2.26. The molecule has 0 atom stereocenters. The van der Waals surface area contributed by atoms with E-state index < -0.39 is 0 Å². The molecule has 0 unspecified atom stereocenters. The summed E-state index contributed by atoms with van der Waals surface area (Å²) in [7, 11) is 2.24. The van der Waals surface area contributed by atoms with Crippen LogP contribution in [0.5, 0.6) is 0 Å². The van der Waals surface area contributed by atoms with E-state index in [9.17, 15) is 4.79 Å². The van der Waals surface area contributed by atoms with E-state index >= 15 is 0 Å². The Bertz CT molecular complexity index is 204. The quantitative estimate of drug-likeness (QED) is 0.270. The second-order valence-electron chi connectivity index (χ2n) is 6.28. The van der Waals surface area contributed by atoms with Crippen molar-refractivity contribution in [3.05, 3.63) is 0 Å². The zero-order chi connectivity index (χ0) is 14.9. The molecule has 2 heteroatoms. The maximum atomic E-state index is 11.7. The molecule has 0 aliphatic rings. The minimum atomic E-state index is 0.506. The Kier molecular flexibility index (Phi) is 16.6. The fourth-order valence-electron chi connectivity index (χ4n) is 2.68. The van der Waals surface area contributed by atoms with Crippen molar-refractivity contribution >= 4 is 13.6 Å². The molecule has 118 valence electrons. The molecule has 0 N–H and O–H groups in total. The van der Waals surface area contributed by atoms with Crippen LogP contribution in [0.15, 0.2) is 0 Å². The van der Waals surface area contributed by atoms with Crippen LogP contribution in [0.2, 0.25) is 6.32 Å². The molecule has 1 nitrogen and oxygen atoms in total. The lowest BCUT2D eigenvalue weighted by molar-refractivity contribution is -0.119. The van der Waals surface area contributed by atoms with Gasteiger partial charge < -0.3 is 0 Å². The summed E-state index contributed by atoms with van der Waals surface area (Å²) in [4.78, 5) is 11.7. The summed E-state index contributed by atoms with van der Waals surface area (Å²) in [6.07, 6.45) is 20.0. The van der Waals surface area contributed by atoms with Gasteiger partial charge in [-0.15, -0.1) is 0 Å². The van der Waals surface area contributed by atoms with Gasteiger partial charge in [0.2, 0.25) is 0 Å². The van der Waals surface area contributed by atoms with Crippen molar-refractivity contribution in [1.82, 2.24) is 0 Å². The minimum Gasteiger partial charge on any atom is -0.300 e. The van der Waals surface area contributed by atoms with Gasteiger partial charge in [-0.25, -0.2) is 0 Å². The van der Waals surface area contributed by atoms with Gasteiger partial charge in [-0.2, -0.15) is 0 Å². The van der Waals surface area contributed by atoms with Gasteiger partial charge in [0, 0.05) is 12.8 Å². The largest absolute Gasteiger partial charge is 0.300 e. The smallest absolute Gasteiger partial charge is 0.132 e. The van der Waals surface area contributed by atoms with Crippen LogP contribution >= 0.6 is 0 Å². The number of rotatable bonds is 16. The van der Waals surface area contributed by atoms with E-state index in [1.165, 1.54) is 76.9 Å². The van der Waals surface area contributed by atoms with Crippen molar-refractivity contribution in [2.45, 2.75) is 110 Å². The summed E-state index contributed by atoms with van der Waals surface area (Å²) in [5, 5.41) is 0. The summed E-state index contributed by atoms with van der Waals surface area (Å²) < 4.78 is 0. The number of hydrogen-bond donors (Lipinski definition) is 0. The third kappa shape index (κ3) is 15.8. The highest BCUT2D eigenvalue weighted by atomic mass is 16.1. The van der Waals surface area contributed by atoms with E-state index in [4.69, 9.17) is 0 Å². The minimum absolute atomic E-state index is 0.506. The van der Waals surface area contributed by atoms with Crippen LogP contribution in [0.4, 0.5) is 0 Å². The Morgan fingerprint density at radius 2 is 1.05 bits per heavy atom. The van der Waals surface area contributed by atoms with Crippen molar-refractivity contribution in [2.24, 2.45) is 0 Å². The molecule has 0 rings (SSSR count). The van der Waals surface area contributed by atoms with Crippen LogP contribution in [0, 0.1) is 0 Å². The van der Waals surface area contributed by atoms with E-state index in [2.05, 4.69) is 14.8 Å². The highest BCUT2D eigenvalue weighted by Gasteiger charge is 2.01. The van der Waals surface area contributed by atoms with Gasteiger partial charge in [-0.1, -0.05) is 83.9 Å². The number of ketones is 1. The molecular weight excluding hydrogens is 243 g/mol. The average molecular weight is 280 g/mol. The highest BCUT2D eigenvalue weighted by Crippen LogP contribution is 2.12. The zero-order valence-corrected chi connectivity index (χ0v) is 14.2. The lowest BCUT2D eigenvalue weighted by atomic mass is 9.98. The van der Waals surface area contributed by atoms with Gasteiger partial charge in [0.25, 0.3) is 0 Å². The van der Waals surface area contributed by atoms with Crippen molar-refractivity contribution in [1.29, 1.82) is 0 Å². The maximum absolute atomic E-state index is 11.7. The van der Waals surface area contributed by atoms with Crippen LogP contribution in [0.1, 0.15) is 103 Å². The zero-order valence-electron chi connectivity index (χ0n) is 14.2. The first-order chi connectivity index (χ1) is 9.81. The van der Waals surface area contributed by atoms with Crippen molar-refractivity contribution in [3.63, 3.8) is 0 Å². The average Bonchev–Trinajstić information content (AvgIpc) is 2.45. The fourth-order valence-corrected chi connectivity index (χ4v) is 2.68. The van der Waals surface area contributed by atoms with E-state index in [1.807, 2.05) is 0 Å². The summed E-state index contributed by atoms with van der Waals surface area (Å²) >= 11 is 0. The molecule has 0 saturated heterocycles. The normalized spacial score (nSPS) is 10.8. The molecule has 0 heterocycles. The Balaban J connectivity index is 3.12. The number of carbonyl (C=O) groups is 1. The molecular formula is C18H37BO. The predicted octanol–water partition coefficient (Wildman–Crippen LogP) is 5.48. The number of unbranched alkanes of at least 4 members (excludes halogenated alkanes) is 11. The molecule has 0 aromatic rings. The summed E-state index contributed by atoms with van der Waals surface area (Å²) in [5.41, 5.74) is 0. The molecule has 0 fully saturated rings. The maximum Gasteiger partial charge on any atom is 0.132 e. The van der Waals surface area contributed by atoms with Crippen LogP contribution in [0.25, 0.3) is 0 Å². The van der Waals surface area contributed by atoms with E-state index in [-0.39, 0.29) is 0 Å². The third-order valence-corrected chi connectivity index (χ3v) is 4.12. The van der Waals surface area contributed by atoms with Crippen LogP contribution in [-0.4, -0.2) is 13.6 Å². The lowest BCUT2D eigenvalue weighted by Crippen LogP contribution is -1.97. The lowest BCUT2D eigenvalue weighted by Gasteiger charge is -2.03. The predicted molar refractivity (Wildman–Crippen MR) is 93.3 cm³/mol. The summed E-state index contributed by atoms with van der Waals surface area (Å²) in [5.74, 6) is 0.506. The summed E-state index contributed by atoms with van der Waals surface area (Å²) in [6, 6.07) is 0. The topological polar surface area (TPSA) is 17.1 Å². The molecule has 0 aliphatic carbocycles. The SMILES string of the molecule is BCCCCCCCC(=O)CCCCCCCCCC. The molecule has 0 aromatic carbocycles. The Morgan fingerprint density at radius 3 is 1.50 bits per heavy atom. The van der Waals surface area contributed by atoms with Crippen LogP contribution < -0.4 is 0 Å². The van der Waals surface area contributed by atoms with Gasteiger partial charge in [-0.05, 0) is 12.8 Å². The Labute approximate surface area is 128 Å². The van der Waals surface area contributed by atoms with Gasteiger partial charge in [0.15, 0.2) is 0 Å². The molecule has 0 saturated carbocycles. The standard InChI is InChI=1S/C18H37BO/c1-2-3-4-5-6-7-9-12-15-18(20)16-13-10-8-11-14-17-19/h2-17,19H2,1H3. The Hall–Kier alpha value is -0.265. The molecule has 0 aliphatic heterocycles. The van der Waals surface area contributed by atoms with Gasteiger partial charge in [0.1, 0.15) is 13.6 Å². The molecule has 0 amide bonds. The highest BCUT2D eigenvalue weighted by molar-refractivity contribution is 6.08. The van der Waals surface area contributed by atoms with Crippen molar-refractivity contribution in [2.75, 3.05) is 0 Å². The first kappa shape index (κ1) is 19.7. The molecule has 0 spiro atoms. The van der Waals surface area contributed by atoms with Crippen LogP contribution in [0.3, 0.4) is 0 Å². The van der Waals surface area contributed by atoms with E-state index in [0.29, 0.717) is 5.78 Å². The van der Waals surface area contributed by atoms with Gasteiger partial charge in [0.05, 0.1) is 0 Å². The fraction of sp³-hybridized carbons (Fsp3) is 0.944. The van der Waals surface area contributed by atoms with Crippen LogP contribution in [-0.2, 0) is 4.79 Å². The Morgan fingerprint density at radius 1 is 0.650 bits per heavy atom. The van der Waals surface area contributed by atoms with Gasteiger partial charge >= 0.3 is 0 Å². The molecule has 0 aromatic heterocycles. The first-order valence-electron chi connectivity index (χ1n) is 9.33. The van der Waals surface area contributed by atoms with E-state index in [0.717, 1.165) is 25.7 Å². The van der Waals surface area contributed by atoms with Gasteiger partial charge in [-0.3, -0.25) is 4.79 Å². The molecule has 20 heavy (non-hydrogen) atoms. The second kappa shape index (κ2) is 16.8. The van der Waals surface area contributed by atoms with Crippen molar-refractivity contribution < 1.29 is 4.79 Å². The molecule has 0 radical (unpaired) electrons. The first-order valence-corrected chi connectivity index (χ1v) is 9.33.